The second kappa shape index (κ2) is 11.8. The van der Waals surface area contributed by atoms with Crippen LogP contribution in [-0.4, -0.2) is 31.5 Å². The molecule has 0 unspecified atom stereocenters. The van der Waals surface area contributed by atoms with Crippen molar-refractivity contribution in [1.29, 1.82) is 0 Å². The topological polar surface area (TPSA) is 47.4 Å². The Morgan fingerprint density at radius 1 is 1.03 bits per heavy atom. The first-order chi connectivity index (χ1) is 18.5. The highest BCUT2D eigenvalue weighted by molar-refractivity contribution is 8.26. The molecule has 1 amide bonds. The number of unbranched alkanes of at least 4 members (excludes halogenated alkanes) is 1. The van der Waals surface area contributed by atoms with E-state index in [4.69, 9.17) is 22.1 Å². The number of aromatic nitrogens is 2. The number of nitrogens with zero attached hydrogens (tertiary/aromatic N) is 3. The van der Waals surface area contributed by atoms with Crippen LogP contribution in [0.25, 0.3) is 23.0 Å². The van der Waals surface area contributed by atoms with E-state index in [0.29, 0.717) is 15.8 Å². The highest BCUT2D eigenvalue weighted by atomic mass is 32.2. The minimum Gasteiger partial charge on any atom is -0.494 e. The van der Waals surface area contributed by atoms with E-state index in [-0.39, 0.29) is 11.9 Å². The molecule has 1 aliphatic heterocycles. The van der Waals surface area contributed by atoms with Gasteiger partial charge in [-0.2, -0.15) is 5.10 Å². The summed E-state index contributed by atoms with van der Waals surface area (Å²) in [6, 6.07) is 27.7. The predicted molar refractivity (Wildman–Crippen MR) is 159 cm³/mol. The SMILES string of the molecule is CCCCOc1cccc(-c2nn(-c3ccccc3)cc2/C=C2\SC(=S)N([C@@H](C)c3ccccc3)C2=O)c1. The summed E-state index contributed by atoms with van der Waals surface area (Å²) in [7, 11) is 0. The average Bonchev–Trinajstić information content (AvgIpc) is 3.49. The third-order valence-corrected chi connectivity index (χ3v) is 7.75. The summed E-state index contributed by atoms with van der Waals surface area (Å²) < 4.78 is 8.36. The number of rotatable bonds is 9. The molecule has 0 radical (unpaired) electrons. The number of ether oxygens (including phenoxy) is 1. The lowest BCUT2D eigenvalue weighted by molar-refractivity contribution is -0.123. The quantitative estimate of drug-likeness (QED) is 0.124. The molecule has 0 aliphatic carbocycles. The lowest BCUT2D eigenvalue weighted by atomic mass is 10.1. The minimum absolute atomic E-state index is 0.0913. The summed E-state index contributed by atoms with van der Waals surface area (Å²) >= 11 is 6.99. The molecule has 2 heterocycles. The van der Waals surface area contributed by atoms with Crippen molar-refractivity contribution in [2.45, 2.75) is 32.7 Å². The molecule has 1 aromatic heterocycles. The van der Waals surface area contributed by atoms with Gasteiger partial charge in [0.2, 0.25) is 0 Å². The van der Waals surface area contributed by atoms with Gasteiger partial charge in [-0.05, 0) is 49.2 Å². The maximum atomic E-state index is 13.6. The lowest BCUT2D eigenvalue weighted by Gasteiger charge is -2.23. The molecule has 0 spiro atoms. The first-order valence-electron chi connectivity index (χ1n) is 12.8. The van der Waals surface area contributed by atoms with Gasteiger partial charge < -0.3 is 4.74 Å². The molecule has 0 saturated carbocycles. The van der Waals surface area contributed by atoms with Crippen LogP contribution in [0.3, 0.4) is 0 Å². The fourth-order valence-corrected chi connectivity index (χ4v) is 5.74. The molecular formula is C31H29N3O2S2. The van der Waals surface area contributed by atoms with Crippen LogP contribution in [0.2, 0.25) is 0 Å². The third kappa shape index (κ3) is 5.59. The Balaban J connectivity index is 1.52. The monoisotopic (exact) mass is 539 g/mol. The van der Waals surface area contributed by atoms with E-state index in [1.807, 2.05) is 109 Å². The van der Waals surface area contributed by atoms with Gasteiger partial charge in [-0.1, -0.05) is 98.0 Å². The van der Waals surface area contributed by atoms with E-state index < -0.39 is 0 Å². The Kier molecular flexibility index (Phi) is 8.05. The number of thiocarbonyl (C=S) groups is 1. The number of para-hydroxylation sites is 1. The van der Waals surface area contributed by atoms with Crippen molar-refractivity contribution in [3.05, 3.63) is 107 Å². The zero-order chi connectivity index (χ0) is 26.5. The van der Waals surface area contributed by atoms with Gasteiger partial charge in [-0.15, -0.1) is 0 Å². The Labute approximate surface area is 233 Å². The average molecular weight is 540 g/mol. The standard InChI is InChI=1S/C31H29N3O2S2/c1-3-4-18-36-27-17-11-14-24(19-27)29-25(21-33(32-29)26-15-9-6-10-16-26)20-28-30(35)34(31(37)38-28)22(2)23-12-7-5-8-13-23/h5-17,19-22H,3-4,18H2,1-2H3/b28-20-/t22-/m0/s1. The Morgan fingerprint density at radius 3 is 2.50 bits per heavy atom. The normalized spacial score (nSPS) is 15.3. The summed E-state index contributed by atoms with van der Waals surface area (Å²) in [6.07, 6.45) is 5.94. The van der Waals surface area contributed by atoms with Gasteiger partial charge in [0.1, 0.15) is 15.8 Å². The zero-order valence-corrected chi connectivity index (χ0v) is 23.0. The first-order valence-corrected chi connectivity index (χ1v) is 14.0. The smallest absolute Gasteiger partial charge is 0.266 e. The van der Waals surface area contributed by atoms with Crippen molar-refractivity contribution in [3.63, 3.8) is 0 Å². The van der Waals surface area contributed by atoms with Gasteiger partial charge in [0, 0.05) is 17.3 Å². The van der Waals surface area contributed by atoms with Crippen LogP contribution < -0.4 is 4.74 Å². The van der Waals surface area contributed by atoms with Crippen LogP contribution in [0.4, 0.5) is 0 Å². The van der Waals surface area contributed by atoms with Crippen molar-refractivity contribution >= 4 is 40.3 Å². The van der Waals surface area contributed by atoms with Gasteiger partial charge in [-0.25, -0.2) is 4.68 Å². The number of hydrogen-bond donors (Lipinski definition) is 0. The summed E-state index contributed by atoms with van der Waals surface area (Å²) in [5.74, 6) is 0.714. The fourth-order valence-electron chi connectivity index (χ4n) is 4.33. The molecule has 1 fully saturated rings. The number of benzene rings is 3. The predicted octanol–water partition coefficient (Wildman–Crippen LogP) is 7.68. The van der Waals surface area contributed by atoms with Gasteiger partial charge in [0.25, 0.3) is 5.91 Å². The lowest BCUT2D eigenvalue weighted by Crippen LogP contribution is -2.30. The molecule has 3 aromatic carbocycles. The largest absolute Gasteiger partial charge is 0.494 e. The van der Waals surface area contributed by atoms with Crippen molar-refractivity contribution in [2.75, 3.05) is 6.61 Å². The summed E-state index contributed by atoms with van der Waals surface area (Å²) in [5.41, 5.74) is 4.52. The summed E-state index contributed by atoms with van der Waals surface area (Å²) in [4.78, 5) is 15.8. The van der Waals surface area contributed by atoms with E-state index in [1.165, 1.54) is 11.8 Å². The van der Waals surface area contributed by atoms with Crippen LogP contribution in [0.1, 0.15) is 43.9 Å². The Hall–Kier alpha value is -3.68. The van der Waals surface area contributed by atoms with Gasteiger partial charge in [0.15, 0.2) is 0 Å². The first kappa shape index (κ1) is 25.9. The molecule has 7 heteroatoms. The van der Waals surface area contributed by atoms with Crippen LogP contribution in [-0.2, 0) is 4.79 Å². The summed E-state index contributed by atoms with van der Waals surface area (Å²) in [5, 5.41) is 4.93. The van der Waals surface area contributed by atoms with Gasteiger partial charge in [0.05, 0.1) is 23.2 Å². The van der Waals surface area contributed by atoms with E-state index in [0.717, 1.165) is 46.7 Å². The van der Waals surface area contributed by atoms with Crippen molar-refractivity contribution in [3.8, 4) is 22.7 Å². The number of amides is 1. The third-order valence-electron chi connectivity index (χ3n) is 6.42. The van der Waals surface area contributed by atoms with Crippen molar-refractivity contribution in [2.24, 2.45) is 0 Å². The van der Waals surface area contributed by atoms with E-state index in [1.54, 1.807) is 4.90 Å². The molecule has 1 atom stereocenters. The molecule has 1 saturated heterocycles. The molecule has 192 valence electrons. The maximum absolute atomic E-state index is 13.6. The number of thioether (sulfide) groups is 1. The number of hydrogen-bond acceptors (Lipinski definition) is 5. The zero-order valence-electron chi connectivity index (χ0n) is 21.4. The molecule has 5 nitrogen and oxygen atoms in total. The Bertz CT molecular complexity index is 1460. The van der Waals surface area contributed by atoms with Crippen LogP contribution in [0.15, 0.2) is 96.0 Å². The fraction of sp³-hybridized carbons (Fsp3) is 0.194. The van der Waals surface area contributed by atoms with E-state index in [9.17, 15) is 4.79 Å². The van der Waals surface area contributed by atoms with E-state index >= 15 is 0 Å². The van der Waals surface area contributed by atoms with Gasteiger partial charge >= 0.3 is 0 Å². The number of carbonyl (C=O) groups is 1. The maximum Gasteiger partial charge on any atom is 0.266 e. The molecular weight excluding hydrogens is 510 g/mol. The molecule has 5 rings (SSSR count). The molecule has 1 aliphatic rings. The highest BCUT2D eigenvalue weighted by Gasteiger charge is 2.36. The molecule has 4 aromatic rings. The molecule has 38 heavy (non-hydrogen) atoms. The minimum atomic E-state index is -0.155. The summed E-state index contributed by atoms with van der Waals surface area (Å²) in [6.45, 7) is 4.82. The van der Waals surface area contributed by atoms with Crippen molar-refractivity contribution in [1.82, 2.24) is 14.7 Å². The second-order valence-corrected chi connectivity index (χ2v) is 10.8. The Morgan fingerprint density at radius 2 is 1.76 bits per heavy atom. The van der Waals surface area contributed by atoms with Crippen molar-refractivity contribution < 1.29 is 9.53 Å². The van der Waals surface area contributed by atoms with E-state index in [2.05, 4.69) is 6.92 Å². The number of carbonyl (C=O) groups excluding carboxylic acids is 1. The highest BCUT2D eigenvalue weighted by Crippen LogP contribution is 2.39. The molecule has 0 N–H and O–H groups in total. The van der Waals surface area contributed by atoms with Crippen LogP contribution >= 0.6 is 24.0 Å². The molecule has 0 bridgehead atoms. The van der Waals surface area contributed by atoms with Gasteiger partial charge in [-0.3, -0.25) is 9.69 Å². The van der Waals surface area contributed by atoms with Crippen LogP contribution in [0.5, 0.6) is 5.75 Å². The van der Waals surface area contributed by atoms with Crippen LogP contribution in [0, 0.1) is 0 Å². The second-order valence-electron chi connectivity index (χ2n) is 9.08.